The molecule has 162 valence electrons. The third kappa shape index (κ3) is 4.53. The van der Waals surface area contributed by atoms with Gasteiger partial charge >= 0.3 is 0 Å². The van der Waals surface area contributed by atoms with Crippen LogP contribution in [0.1, 0.15) is 22.5 Å². The van der Waals surface area contributed by atoms with Crippen LogP contribution in [0.2, 0.25) is 0 Å². The van der Waals surface area contributed by atoms with Crippen molar-refractivity contribution in [2.75, 3.05) is 0 Å². The highest BCUT2D eigenvalue weighted by molar-refractivity contribution is 9.10. The minimum Gasteiger partial charge on any atom is -0.457 e. The molecule has 1 aliphatic heterocycles. The number of thioether (sulfide) groups is 1. The first-order chi connectivity index (χ1) is 15.2. The Hall–Kier alpha value is -3.17. The number of hydrogen-bond acceptors (Lipinski definition) is 6. The van der Waals surface area contributed by atoms with E-state index in [-0.39, 0.29) is 11.6 Å². The third-order valence-corrected chi connectivity index (χ3v) is 7.05. The van der Waals surface area contributed by atoms with Crippen LogP contribution in [0.3, 0.4) is 0 Å². The van der Waals surface area contributed by atoms with Gasteiger partial charge in [-0.25, -0.2) is 4.99 Å². The molecule has 0 bridgehead atoms. The van der Waals surface area contributed by atoms with Crippen LogP contribution in [0.4, 0.5) is 11.4 Å². The van der Waals surface area contributed by atoms with Gasteiger partial charge in [0.15, 0.2) is 5.17 Å². The zero-order chi connectivity index (χ0) is 23.0. The number of rotatable bonds is 4. The summed E-state index contributed by atoms with van der Waals surface area (Å²) in [5.41, 5.74) is 4.09. The van der Waals surface area contributed by atoms with Crippen molar-refractivity contribution in [2.45, 2.75) is 20.8 Å². The van der Waals surface area contributed by atoms with Crippen molar-refractivity contribution in [1.29, 1.82) is 0 Å². The lowest BCUT2D eigenvalue weighted by Gasteiger charge is -2.04. The van der Waals surface area contributed by atoms with Crippen molar-refractivity contribution in [3.05, 3.63) is 84.4 Å². The standard InChI is InChI=1S/C23H18BrN3O4S/c1-12-4-5-15(10-18(12)27(29)30)19-7-6-17(31-19)11-20-22(28)26-23(32-20)25-16-8-13(2)21(24)14(3)9-16/h4-11H,1-3H3,(H,25,26,28)/b20-11-. The van der Waals surface area contributed by atoms with Crippen LogP contribution in [0, 0.1) is 30.9 Å². The molecule has 1 amide bonds. The molecule has 1 aliphatic rings. The summed E-state index contributed by atoms with van der Waals surface area (Å²) in [5, 5.41) is 14.5. The molecule has 9 heteroatoms. The lowest BCUT2D eigenvalue weighted by Crippen LogP contribution is -2.19. The Kier molecular flexibility index (Phi) is 6.03. The van der Waals surface area contributed by atoms with Crippen molar-refractivity contribution in [1.82, 2.24) is 5.32 Å². The SMILES string of the molecule is Cc1ccc(-c2ccc(/C=C3\SC(=Nc4cc(C)c(Br)c(C)c4)NC3=O)o2)cc1[N+](=O)[O-]. The molecular weight excluding hydrogens is 494 g/mol. The molecule has 0 radical (unpaired) electrons. The first-order valence-corrected chi connectivity index (χ1v) is 11.2. The number of amidine groups is 1. The number of carbonyl (C=O) groups is 1. The van der Waals surface area contributed by atoms with Crippen molar-refractivity contribution < 1.29 is 14.1 Å². The summed E-state index contributed by atoms with van der Waals surface area (Å²) < 4.78 is 6.85. The zero-order valence-electron chi connectivity index (χ0n) is 17.4. The molecule has 3 aromatic rings. The van der Waals surface area contributed by atoms with Gasteiger partial charge in [0.05, 0.1) is 15.5 Å². The minimum atomic E-state index is -0.417. The zero-order valence-corrected chi connectivity index (χ0v) is 19.8. The second kappa shape index (κ2) is 8.76. The number of nitrogens with one attached hydrogen (secondary N) is 1. The summed E-state index contributed by atoms with van der Waals surface area (Å²) in [4.78, 5) is 28.2. The number of aryl methyl sites for hydroxylation is 3. The molecule has 0 unspecified atom stereocenters. The fourth-order valence-corrected chi connectivity index (χ4v) is 4.31. The molecule has 7 nitrogen and oxygen atoms in total. The number of halogens is 1. The summed E-state index contributed by atoms with van der Waals surface area (Å²) in [6, 6.07) is 12.3. The summed E-state index contributed by atoms with van der Waals surface area (Å²) in [6.07, 6.45) is 1.63. The Bertz CT molecular complexity index is 1300. The average molecular weight is 512 g/mol. The number of aliphatic imine (C=N–C) groups is 1. The van der Waals surface area contributed by atoms with E-state index in [1.54, 1.807) is 37.3 Å². The highest BCUT2D eigenvalue weighted by atomic mass is 79.9. The van der Waals surface area contributed by atoms with Gasteiger partial charge in [-0.15, -0.1) is 0 Å². The molecule has 0 aliphatic carbocycles. The van der Waals surface area contributed by atoms with Crippen molar-refractivity contribution in [3.63, 3.8) is 0 Å². The number of carbonyl (C=O) groups excluding carboxylic acids is 1. The van der Waals surface area contributed by atoms with Crippen LogP contribution >= 0.6 is 27.7 Å². The fraction of sp³-hybridized carbons (Fsp3) is 0.130. The first-order valence-electron chi connectivity index (χ1n) is 9.63. The van der Waals surface area contributed by atoms with Crippen LogP contribution in [0.5, 0.6) is 0 Å². The van der Waals surface area contributed by atoms with Crippen molar-refractivity contribution >= 4 is 56.2 Å². The molecule has 1 saturated heterocycles. The maximum Gasteiger partial charge on any atom is 0.273 e. The van der Waals surface area contributed by atoms with Gasteiger partial charge in [-0.3, -0.25) is 14.9 Å². The Morgan fingerprint density at radius 3 is 2.50 bits per heavy atom. The van der Waals surface area contributed by atoms with Gasteiger partial charge in [0, 0.05) is 27.7 Å². The second-order valence-electron chi connectivity index (χ2n) is 7.34. The third-order valence-electron chi connectivity index (χ3n) is 4.89. The highest BCUT2D eigenvalue weighted by Crippen LogP contribution is 2.33. The van der Waals surface area contributed by atoms with Gasteiger partial charge in [-0.1, -0.05) is 28.1 Å². The topological polar surface area (TPSA) is 97.7 Å². The maximum absolute atomic E-state index is 12.4. The smallest absolute Gasteiger partial charge is 0.273 e. The fourth-order valence-electron chi connectivity index (χ4n) is 3.26. The van der Waals surface area contributed by atoms with E-state index >= 15 is 0 Å². The van der Waals surface area contributed by atoms with E-state index in [1.165, 1.54) is 17.8 Å². The number of amides is 1. The van der Waals surface area contributed by atoms with Gasteiger partial charge in [0.25, 0.3) is 11.6 Å². The molecule has 0 atom stereocenters. The predicted molar refractivity (Wildman–Crippen MR) is 130 cm³/mol. The lowest BCUT2D eigenvalue weighted by atomic mass is 10.1. The van der Waals surface area contributed by atoms with E-state index in [9.17, 15) is 14.9 Å². The van der Waals surface area contributed by atoms with Crippen LogP contribution < -0.4 is 5.32 Å². The Morgan fingerprint density at radius 1 is 1.09 bits per heavy atom. The molecular formula is C23H18BrN3O4S. The number of nitro benzene ring substituents is 1. The molecule has 0 saturated carbocycles. The Morgan fingerprint density at radius 2 is 1.81 bits per heavy atom. The van der Waals surface area contributed by atoms with Crippen LogP contribution in [-0.4, -0.2) is 16.0 Å². The van der Waals surface area contributed by atoms with Crippen molar-refractivity contribution in [3.8, 4) is 11.3 Å². The number of hydrogen-bond donors (Lipinski definition) is 1. The van der Waals surface area contributed by atoms with E-state index in [0.717, 1.165) is 21.3 Å². The second-order valence-corrected chi connectivity index (χ2v) is 9.16. The Balaban J connectivity index is 1.57. The summed E-state index contributed by atoms with van der Waals surface area (Å²) >= 11 is 4.77. The normalized spacial score (nSPS) is 16.1. The molecule has 2 aromatic carbocycles. The maximum atomic E-state index is 12.4. The van der Waals surface area contributed by atoms with Gasteiger partial charge in [-0.05, 0) is 67.9 Å². The van der Waals surface area contributed by atoms with E-state index in [1.807, 2.05) is 26.0 Å². The van der Waals surface area contributed by atoms with E-state index in [2.05, 4.69) is 26.2 Å². The van der Waals surface area contributed by atoms with E-state index < -0.39 is 4.92 Å². The summed E-state index contributed by atoms with van der Waals surface area (Å²) in [5.74, 6) is 0.693. The molecule has 1 fully saturated rings. The summed E-state index contributed by atoms with van der Waals surface area (Å²) in [7, 11) is 0. The van der Waals surface area contributed by atoms with E-state index in [4.69, 9.17) is 4.42 Å². The Labute approximate surface area is 196 Å². The van der Waals surface area contributed by atoms with Crippen molar-refractivity contribution in [2.24, 2.45) is 4.99 Å². The number of benzene rings is 2. The quantitative estimate of drug-likeness (QED) is 0.247. The monoisotopic (exact) mass is 511 g/mol. The minimum absolute atomic E-state index is 0.0313. The largest absolute Gasteiger partial charge is 0.457 e. The van der Waals surface area contributed by atoms with Gasteiger partial charge in [0.2, 0.25) is 0 Å². The van der Waals surface area contributed by atoms with Crippen LogP contribution in [0.15, 0.2) is 61.3 Å². The first kappa shape index (κ1) is 22.0. The summed E-state index contributed by atoms with van der Waals surface area (Å²) in [6.45, 7) is 5.67. The number of furan rings is 1. The number of nitro groups is 1. The molecule has 1 aromatic heterocycles. The van der Waals surface area contributed by atoms with Gasteiger partial charge in [-0.2, -0.15) is 0 Å². The predicted octanol–water partition coefficient (Wildman–Crippen LogP) is 6.43. The molecule has 2 heterocycles. The molecule has 32 heavy (non-hydrogen) atoms. The molecule has 4 rings (SSSR count). The molecule has 1 N–H and O–H groups in total. The van der Waals surface area contributed by atoms with Crippen LogP contribution in [0.25, 0.3) is 17.4 Å². The highest BCUT2D eigenvalue weighted by Gasteiger charge is 2.24. The average Bonchev–Trinajstić information content (AvgIpc) is 3.33. The van der Waals surface area contributed by atoms with Gasteiger partial charge in [0.1, 0.15) is 11.5 Å². The lowest BCUT2D eigenvalue weighted by molar-refractivity contribution is -0.385. The van der Waals surface area contributed by atoms with E-state index in [0.29, 0.717) is 32.7 Å². The van der Waals surface area contributed by atoms with Gasteiger partial charge < -0.3 is 9.73 Å². The van der Waals surface area contributed by atoms with Crippen LogP contribution in [-0.2, 0) is 4.79 Å². The number of nitrogens with zero attached hydrogens (tertiary/aromatic N) is 2. The molecule has 0 spiro atoms.